The van der Waals surface area contributed by atoms with E-state index in [4.69, 9.17) is 4.74 Å². The second-order valence-corrected chi connectivity index (χ2v) is 5.79. The van der Waals surface area contributed by atoms with Gasteiger partial charge in [-0.1, -0.05) is 36.9 Å². The van der Waals surface area contributed by atoms with Crippen LogP contribution in [0.2, 0.25) is 0 Å². The van der Waals surface area contributed by atoms with Crippen molar-refractivity contribution in [2.75, 3.05) is 20.3 Å². The lowest BCUT2D eigenvalue weighted by Gasteiger charge is -2.50. The summed E-state index contributed by atoms with van der Waals surface area (Å²) in [5.41, 5.74) is 1.08. The van der Waals surface area contributed by atoms with Crippen molar-refractivity contribution in [2.24, 2.45) is 0 Å². The number of morpholine rings is 1. The van der Waals surface area contributed by atoms with Crippen molar-refractivity contribution < 1.29 is 9.84 Å². The number of rotatable bonds is 2. The van der Waals surface area contributed by atoms with Gasteiger partial charge >= 0.3 is 0 Å². The average molecular weight is 259 g/mol. The first kappa shape index (κ1) is 12.9. The molecule has 3 nitrogen and oxygen atoms in total. The van der Waals surface area contributed by atoms with Gasteiger partial charge in [0.2, 0.25) is 0 Å². The van der Waals surface area contributed by atoms with Gasteiger partial charge in [-0.2, -0.15) is 0 Å². The van der Waals surface area contributed by atoms with E-state index in [1.807, 2.05) is 30.3 Å². The van der Waals surface area contributed by atoms with E-state index in [1.165, 1.54) is 0 Å². The first-order valence-electron chi connectivity index (χ1n) is 6.87. The Kier molecular flexibility index (Phi) is 3.21. The van der Waals surface area contributed by atoms with Gasteiger partial charge in [-0.3, -0.25) is 4.90 Å². The molecule has 2 bridgehead atoms. The number of aliphatic hydroxyl groups is 1. The standard InChI is InChI=1S/C16H21NO2/c1-12(13-6-4-3-5-7-13)16(18)8-14-10-19-11-15(9-16)17(14)2/h3-7,14-15,18H,1,8-11H2,2H3. The molecule has 3 heteroatoms. The summed E-state index contributed by atoms with van der Waals surface area (Å²) in [6.07, 6.45) is 1.40. The second kappa shape index (κ2) is 4.75. The molecule has 2 heterocycles. The van der Waals surface area contributed by atoms with E-state index < -0.39 is 5.60 Å². The van der Waals surface area contributed by atoms with E-state index in [0.717, 1.165) is 11.1 Å². The molecule has 0 aliphatic carbocycles. The normalized spacial score (nSPS) is 35.1. The minimum atomic E-state index is -0.799. The maximum absolute atomic E-state index is 11.0. The molecule has 3 rings (SSSR count). The number of piperidine rings is 1. The van der Waals surface area contributed by atoms with Crippen LogP contribution in [0.3, 0.4) is 0 Å². The van der Waals surface area contributed by atoms with Gasteiger partial charge in [0.15, 0.2) is 0 Å². The Hall–Kier alpha value is -1.16. The molecule has 0 saturated carbocycles. The zero-order valence-electron chi connectivity index (χ0n) is 11.4. The second-order valence-electron chi connectivity index (χ2n) is 5.79. The van der Waals surface area contributed by atoms with Crippen molar-refractivity contribution >= 4 is 5.57 Å². The van der Waals surface area contributed by atoms with Crippen LogP contribution in [0.25, 0.3) is 5.57 Å². The van der Waals surface area contributed by atoms with Crippen LogP contribution in [0.5, 0.6) is 0 Å². The van der Waals surface area contributed by atoms with Crippen molar-refractivity contribution in [1.82, 2.24) is 4.90 Å². The van der Waals surface area contributed by atoms with Gasteiger partial charge in [-0.15, -0.1) is 0 Å². The number of benzene rings is 1. The van der Waals surface area contributed by atoms with E-state index in [2.05, 4.69) is 18.5 Å². The van der Waals surface area contributed by atoms with E-state index in [0.29, 0.717) is 26.1 Å². The molecule has 2 aliphatic heterocycles. The van der Waals surface area contributed by atoms with Crippen LogP contribution in [0.4, 0.5) is 0 Å². The fourth-order valence-electron chi connectivity index (χ4n) is 3.30. The third-order valence-electron chi connectivity index (χ3n) is 4.60. The lowest BCUT2D eigenvalue weighted by Crippen LogP contribution is -2.60. The lowest BCUT2D eigenvalue weighted by molar-refractivity contribution is -0.113. The Morgan fingerprint density at radius 2 is 1.84 bits per heavy atom. The molecule has 2 unspecified atom stereocenters. The van der Waals surface area contributed by atoms with E-state index in [9.17, 15) is 5.11 Å². The first-order chi connectivity index (χ1) is 9.10. The van der Waals surface area contributed by atoms with Crippen LogP contribution in [0.15, 0.2) is 36.9 Å². The van der Waals surface area contributed by atoms with Crippen molar-refractivity contribution in [1.29, 1.82) is 0 Å². The number of nitrogens with zero attached hydrogens (tertiary/aromatic N) is 1. The molecular weight excluding hydrogens is 238 g/mol. The molecular formula is C16H21NO2. The number of ether oxygens (including phenoxy) is 1. The maximum Gasteiger partial charge on any atom is 0.0928 e. The molecule has 19 heavy (non-hydrogen) atoms. The molecule has 2 atom stereocenters. The highest BCUT2D eigenvalue weighted by molar-refractivity contribution is 5.70. The van der Waals surface area contributed by atoms with Gasteiger partial charge in [0.1, 0.15) is 0 Å². The summed E-state index contributed by atoms with van der Waals surface area (Å²) >= 11 is 0. The topological polar surface area (TPSA) is 32.7 Å². The highest BCUT2D eigenvalue weighted by atomic mass is 16.5. The minimum Gasteiger partial charge on any atom is -0.385 e. The van der Waals surface area contributed by atoms with Crippen LogP contribution in [0, 0.1) is 0 Å². The summed E-state index contributed by atoms with van der Waals surface area (Å²) in [7, 11) is 2.13. The summed E-state index contributed by atoms with van der Waals surface area (Å²) in [6, 6.07) is 10.6. The fraction of sp³-hybridized carbons (Fsp3) is 0.500. The summed E-state index contributed by atoms with van der Waals surface area (Å²) in [5, 5.41) is 11.0. The molecule has 2 saturated heterocycles. The lowest BCUT2D eigenvalue weighted by atomic mass is 9.75. The quantitative estimate of drug-likeness (QED) is 0.881. The Balaban J connectivity index is 1.86. The average Bonchev–Trinajstić information content (AvgIpc) is 2.41. The van der Waals surface area contributed by atoms with E-state index >= 15 is 0 Å². The zero-order valence-corrected chi connectivity index (χ0v) is 11.4. The highest BCUT2D eigenvalue weighted by Crippen LogP contribution is 2.40. The van der Waals surface area contributed by atoms with Gasteiger partial charge in [0, 0.05) is 12.1 Å². The van der Waals surface area contributed by atoms with E-state index in [1.54, 1.807) is 0 Å². The Bertz CT molecular complexity index is 457. The van der Waals surface area contributed by atoms with Crippen LogP contribution in [-0.2, 0) is 4.74 Å². The SMILES string of the molecule is C=C(c1ccccc1)C1(O)CC2COCC(C1)N2C. The predicted octanol–water partition coefficient (Wildman–Crippen LogP) is 1.92. The van der Waals surface area contributed by atoms with Gasteiger partial charge in [0.25, 0.3) is 0 Å². The number of fused-ring (bicyclic) bond motifs is 2. The molecule has 0 radical (unpaired) electrons. The van der Waals surface area contributed by atoms with Crippen molar-refractivity contribution in [3.63, 3.8) is 0 Å². The monoisotopic (exact) mass is 259 g/mol. The zero-order chi connectivity index (χ0) is 13.5. The van der Waals surface area contributed by atoms with Crippen molar-refractivity contribution in [3.05, 3.63) is 42.5 Å². The largest absolute Gasteiger partial charge is 0.385 e. The summed E-state index contributed by atoms with van der Waals surface area (Å²) in [5.74, 6) is 0. The van der Waals surface area contributed by atoms with Crippen LogP contribution >= 0.6 is 0 Å². The Morgan fingerprint density at radius 1 is 1.26 bits per heavy atom. The predicted molar refractivity (Wildman–Crippen MR) is 75.8 cm³/mol. The third-order valence-corrected chi connectivity index (χ3v) is 4.60. The minimum absolute atomic E-state index is 0.290. The third kappa shape index (κ3) is 2.22. The smallest absolute Gasteiger partial charge is 0.0928 e. The van der Waals surface area contributed by atoms with Gasteiger partial charge in [-0.25, -0.2) is 0 Å². The van der Waals surface area contributed by atoms with Crippen LogP contribution in [0.1, 0.15) is 18.4 Å². The molecule has 2 aliphatic rings. The molecule has 1 aromatic rings. The maximum atomic E-state index is 11.0. The van der Waals surface area contributed by atoms with Gasteiger partial charge in [-0.05, 0) is 31.0 Å². The van der Waals surface area contributed by atoms with Gasteiger partial charge < -0.3 is 9.84 Å². The highest BCUT2D eigenvalue weighted by Gasteiger charge is 2.46. The molecule has 1 N–H and O–H groups in total. The first-order valence-corrected chi connectivity index (χ1v) is 6.87. The molecule has 0 aromatic heterocycles. The molecule has 0 amide bonds. The van der Waals surface area contributed by atoms with Crippen molar-refractivity contribution in [2.45, 2.75) is 30.5 Å². The Labute approximate surface area is 114 Å². The number of hydrogen-bond acceptors (Lipinski definition) is 3. The van der Waals surface area contributed by atoms with Crippen LogP contribution < -0.4 is 0 Å². The summed E-state index contributed by atoms with van der Waals surface area (Å²) in [4.78, 5) is 2.34. The Morgan fingerprint density at radius 3 is 2.42 bits per heavy atom. The molecule has 1 aromatic carbocycles. The molecule has 0 spiro atoms. The van der Waals surface area contributed by atoms with E-state index in [-0.39, 0.29) is 12.1 Å². The molecule has 102 valence electrons. The van der Waals surface area contributed by atoms with Crippen LogP contribution in [-0.4, -0.2) is 48.0 Å². The van der Waals surface area contributed by atoms with Gasteiger partial charge in [0.05, 0.1) is 18.8 Å². The summed E-state index contributed by atoms with van der Waals surface area (Å²) in [6.45, 7) is 5.57. The fourth-order valence-corrected chi connectivity index (χ4v) is 3.30. The number of likely N-dealkylation sites (N-methyl/N-ethyl adjacent to an activating group) is 1. The summed E-state index contributed by atoms with van der Waals surface area (Å²) < 4.78 is 5.60. The van der Waals surface area contributed by atoms with Crippen molar-refractivity contribution in [3.8, 4) is 0 Å². The number of hydrogen-bond donors (Lipinski definition) is 1. The molecule has 2 fully saturated rings.